The average molecular weight is 587 g/mol. The summed E-state index contributed by atoms with van der Waals surface area (Å²) in [6.07, 6.45) is -4.88. The maximum absolute atomic E-state index is 12.9. The number of thioether (sulfide) groups is 1. The molecule has 0 aliphatic carbocycles. The van der Waals surface area contributed by atoms with Gasteiger partial charge in [-0.1, -0.05) is 29.8 Å². The van der Waals surface area contributed by atoms with Crippen LogP contribution in [0.1, 0.15) is 29.9 Å². The summed E-state index contributed by atoms with van der Waals surface area (Å²) in [5, 5.41) is 13.7. The van der Waals surface area contributed by atoms with Gasteiger partial charge in [-0.05, 0) is 67.6 Å². The highest BCUT2D eigenvalue weighted by atomic mass is 35.5. The summed E-state index contributed by atoms with van der Waals surface area (Å²) in [5.41, 5.74) is 1.58. The van der Waals surface area contributed by atoms with Gasteiger partial charge in [0.1, 0.15) is 10.5 Å². The number of aryl methyl sites for hydroxylation is 1. The molecule has 0 aliphatic heterocycles. The van der Waals surface area contributed by atoms with Crippen LogP contribution in [0.2, 0.25) is 5.02 Å². The first-order valence-electron chi connectivity index (χ1n) is 11.3. The van der Waals surface area contributed by atoms with E-state index in [4.69, 9.17) is 11.6 Å². The highest BCUT2D eigenvalue weighted by Gasteiger charge is 2.32. The predicted octanol–water partition coefficient (Wildman–Crippen LogP) is 7.20. The number of carboxylic acids is 1. The van der Waals surface area contributed by atoms with Crippen molar-refractivity contribution in [2.75, 3.05) is 11.9 Å². The molecule has 12 heteroatoms. The minimum absolute atomic E-state index is 0.0122. The number of carbonyl (C=O) groups excluding carboxylic acids is 1. The topological polar surface area (TPSA) is 78.9 Å². The lowest BCUT2D eigenvalue weighted by Crippen LogP contribution is -2.32. The van der Waals surface area contributed by atoms with Crippen LogP contribution in [0.3, 0.4) is 0 Å². The molecular formula is C26H26ClF3N2O4S2. The number of nitrogens with zero attached hydrogens (tertiary/aromatic N) is 1. The zero-order valence-electron chi connectivity index (χ0n) is 20.8. The molecule has 0 saturated carbocycles. The second-order valence-corrected chi connectivity index (χ2v) is 12.1. The monoisotopic (exact) mass is 586 g/mol. The van der Waals surface area contributed by atoms with Crippen molar-refractivity contribution >= 4 is 52.3 Å². The SMILES string of the molecule is Cc1cc(OC(F)(F)F)c(Cl)cc1NC(=O)CN(Cc1ccc(SC(C)(C)C(=O)O)cc1)Cc1cccs1. The third kappa shape index (κ3) is 8.93. The van der Waals surface area contributed by atoms with E-state index in [1.165, 1.54) is 17.8 Å². The van der Waals surface area contributed by atoms with Crippen molar-refractivity contribution in [3.8, 4) is 5.75 Å². The number of amides is 1. The molecule has 204 valence electrons. The molecule has 0 saturated heterocycles. The largest absolute Gasteiger partial charge is 0.573 e. The highest BCUT2D eigenvalue weighted by Crippen LogP contribution is 2.35. The Bertz CT molecular complexity index is 1270. The number of anilines is 1. The number of benzene rings is 2. The van der Waals surface area contributed by atoms with Crippen LogP contribution in [-0.2, 0) is 22.7 Å². The summed E-state index contributed by atoms with van der Waals surface area (Å²) in [5.74, 6) is -1.80. The Kier molecular flexibility index (Phi) is 9.74. The van der Waals surface area contributed by atoms with Crippen LogP contribution in [0, 0.1) is 6.92 Å². The first-order valence-corrected chi connectivity index (χ1v) is 13.4. The second kappa shape index (κ2) is 12.4. The van der Waals surface area contributed by atoms with Crippen LogP contribution in [0.15, 0.2) is 58.8 Å². The number of hydrogen-bond donors (Lipinski definition) is 2. The Morgan fingerprint density at radius 1 is 1.13 bits per heavy atom. The fourth-order valence-electron chi connectivity index (χ4n) is 3.44. The summed E-state index contributed by atoms with van der Waals surface area (Å²) < 4.78 is 40.7. The van der Waals surface area contributed by atoms with Crippen molar-refractivity contribution < 1.29 is 32.6 Å². The van der Waals surface area contributed by atoms with E-state index in [-0.39, 0.29) is 23.2 Å². The summed E-state index contributed by atoms with van der Waals surface area (Å²) in [7, 11) is 0. The smallest absolute Gasteiger partial charge is 0.480 e. The molecule has 1 aromatic heterocycles. The lowest BCUT2D eigenvalue weighted by molar-refractivity contribution is -0.274. The van der Waals surface area contributed by atoms with Crippen LogP contribution in [0.4, 0.5) is 18.9 Å². The Hall–Kier alpha value is -2.73. The van der Waals surface area contributed by atoms with Gasteiger partial charge in [-0.3, -0.25) is 14.5 Å². The molecule has 0 fully saturated rings. The third-order valence-electron chi connectivity index (χ3n) is 5.32. The van der Waals surface area contributed by atoms with Crippen molar-refractivity contribution in [3.05, 3.63) is 74.9 Å². The summed E-state index contributed by atoms with van der Waals surface area (Å²) in [4.78, 5) is 28.1. The number of alkyl halides is 3. The van der Waals surface area contributed by atoms with Gasteiger partial charge in [0.25, 0.3) is 0 Å². The summed E-state index contributed by atoms with van der Waals surface area (Å²) in [6.45, 7) is 5.78. The van der Waals surface area contributed by atoms with Gasteiger partial charge in [-0.2, -0.15) is 0 Å². The van der Waals surface area contributed by atoms with E-state index in [9.17, 15) is 27.9 Å². The van der Waals surface area contributed by atoms with E-state index in [2.05, 4.69) is 10.1 Å². The van der Waals surface area contributed by atoms with Crippen molar-refractivity contribution in [2.45, 2.75) is 49.9 Å². The van der Waals surface area contributed by atoms with Gasteiger partial charge in [0.15, 0.2) is 0 Å². The number of nitrogens with one attached hydrogen (secondary N) is 1. The molecule has 38 heavy (non-hydrogen) atoms. The minimum Gasteiger partial charge on any atom is -0.480 e. The molecular weight excluding hydrogens is 561 g/mol. The number of carboxylic acid groups (broad SMARTS) is 1. The predicted molar refractivity (Wildman–Crippen MR) is 144 cm³/mol. The quantitative estimate of drug-likeness (QED) is 0.231. The molecule has 0 aliphatic rings. The van der Waals surface area contributed by atoms with Gasteiger partial charge in [0, 0.05) is 28.5 Å². The molecule has 0 spiro atoms. The molecule has 0 unspecified atom stereocenters. The number of aliphatic carboxylic acids is 1. The number of ether oxygens (including phenoxy) is 1. The molecule has 6 nitrogen and oxygen atoms in total. The van der Waals surface area contributed by atoms with Gasteiger partial charge in [-0.25, -0.2) is 0 Å². The molecule has 2 aromatic carbocycles. The van der Waals surface area contributed by atoms with Crippen LogP contribution >= 0.6 is 34.7 Å². The maximum atomic E-state index is 12.9. The van der Waals surface area contributed by atoms with E-state index in [1.807, 2.05) is 46.7 Å². The number of rotatable bonds is 11. The van der Waals surface area contributed by atoms with Crippen molar-refractivity contribution in [2.24, 2.45) is 0 Å². The Morgan fingerprint density at radius 3 is 2.39 bits per heavy atom. The van der Waals surface area contributed by atoms with Gasteiger partial charge in [0.05, 0.1) is 11.6 Å². The van der Waals surface area contributed by atoms with E-state index in [1.54, 1.807) is 32.1 Å². The molecule has 3 rings (SSSR count). The fourth-order valence-corrected chi connectivity index (χ4v) is 5.33. The standard InChI is InChI=1S/C26H26ClF3N2O4S2/c1-16-11-22(36-26(28,29)30)20(27)12-21(16)31-23(33)15-32(14-19-5-4-10-37-19)13-17-6-8-18(9-7-17)38-25(2,3)24(34)35/h4-12H,13-15H2,1-3H3,(H,31,33)(H,34,35). The summed E-state index contributed by atoms with van der Waals surface area (Å²) in [6, 6.07) is 13.7. The molecule has 1 amide bonds. The first-order chi connectivity index (χ1) is 17.7. The van der Waals surface area contributed by atoms with Gasteiger partial charge >= 0.3 is 12.3 Å². The van der Waals surface area contributed by atoms with Crippen LogP contribution in [0.5, 0.6) is 5.75 Å². The number of halogens is 4. The molecule has 1 heterocycles. The molecule has 0 atom stereocenters. The van der Waals surface area contributed by atoms with E-state index in [0.717, 1.165) is 21.4 Å². The van der Waals surface area contributed by atoms with Crippen LogP contribution in [0.25, 0.3) is 0 Å². The molecule has 2 N–H and O–H groups in total. The van der Waals surface area contributed by atoms with E-state index >= 15 is 0 Å². The fraction of sp³-hybridized carbons (Fsp3) is 0.308. The lowest BCUT2D eigenvalue weighted by Gasteiger charge is -2.22. The van der Waals surface area contributed by atoms with Gasteiger partial charge in [0.2, 0.25) is 5.91 Å². The van der Waals surface area contributed by atoms with Crippen molar-refractivity contribution in [1.82, 2.24) is 4.90 Å². The lowest BCUT2D eigenvalue weighted by atomic mass is 10.2. The van der Waals surface area contributed by atoms with E-state index in [0.29, 0.717) is 18.7 Å². The summed E-state index contributed by atoms with van der Waals surface area (Å²) >= 11 is 8.75. The Labute approximate surface area is 231 Å². The van der Waals surface area contributed by atoms with Gasteiger partial charge < -0.3 is 15.2 Å². The van der Waals surface area contributed by atoms with Crippen LogP contribution < -0.4 is 10.1 Å². The highest BCUT2D eigenvalue weighted by molar-refractivity contribution is 8.01. The third-order valence-corrected chi connectivity index (χ3v) is 7.67. The number of carbonyl (C=O) groups is 2. The maximum Gasteiger partial charge on any atom is 0.573 e. The second-order valence-electron chi connectivity index (χ2n) is 8.98. The van der Waals surface area contributed by atoms with Crippen molar-refractivity contribution in [1.29, 1.82) is 0 Å². The first kappa shape index (κ1) is 29.8. The zero-order valence-corrected chi connectivity index (χ0v) is 23.2. The average Bonchev–Trinajstić information content (AvgIpc) is 3.30. The zero-order chi connectivity index (χ0) is 28.1. The molecule has 3 aromatic rings. The number of hydrogen-bond acceptors (Lipinski definition) is 6. The van der Waals surface area contributed by atoms with Crippen molar-refractivity contribution in [3.63, 3.8) is 0 Å². The van der Waals surface area contributed by atoms with Gasteiger partial charge in [-0.15, -0.1) is 36.3 Å². The molecule has 0 bridgehead atoms. The minimum atomic E-state index is -4.88. The Balaban J connectivity index is 1.71. The van der Waals surface area contributed by atoms with E-state index < -0.39 is 22.8 Å². The normalized spacial score (nSPS) is 12.0. The molecule has 0 radical (unpaired) electrons. The van der Waals surface area contributed by atoms with Crippen LogP contribution in [-0.4, -0.2) is 39.5 Å². The Morgan fingerprint density at radius 2 is 1.82 bits per heavy atom. The number of thiophene rings is 1.